The fraction of sp³-hybridized carbons (Fsp3) is 0.762. The van der Waals surface area contributed by atoms with Gasteiger partial charge in [-0.3, -0.25) is 4.79 Å². The molecule has 4 heteroatoms. The lowest BCUT2D eigenvalue weighted by molar-refractivity contribution is -0.319. The van der Waals surface area contributed by atoms with Crippen molar-refractivity contribution >= 4 is 5.97 Å². The molecule has 0 saturated heterocycles. The number of hydrogen-bond donors (Lipinski definition) is 2. The fourth-order valence-corrected chi connectivity index (χ4v) is 2.39. The van der Waals surface area contributed by atoms with Gasteiger partial charge in [0, 0.05) is 12.8 Å². The molecule has 0 amide bonds. The Hall–Kier alpha value is -1.13. The zero-order chi connectivity index (χ0) is 18.8. The molecule has 4 nitrogen and oxygen atoms in total. The maximum Gasteiger partial charge on any atom is 0.323 e. The zero-order valence-corrected chi connectivity index (χ0v) is 16.2. The van der Waals surface area contributed by atoms with E-state index in [-0.39, 0.29) is 12.8 Å². The monoisotopic (exact) mass is 354 g/mol. The summed E-state index contributed by atoms with van der Waals surface area (Å²) in [7, 11) is 0. The summed E-state index contributed by atoms with van der Waals surface area (Å²) in [5.74, 6) is -2.86. The minimum atomic E-state index is -2.31. The van der Waals surface area contributed by atoms with Gasteiger partial charge in [0.15, 0.2) is 0 Å². The Kier molecular flexibility index (Phi) is 15.6. The normalized spacial score (nSPS) is 12.3. The van der Waals surface area contributed by atoms with Gasteiger partial charge in [-0.05, 0) is 38.5 Å². The molecule has 0 aromatic carbocycles. The van der Waals surface area contributed by atoms with Crippen LogP contribution in [0.25, 0.3) is 0 Å². The van der Waals surface area contributed by atoms with Crippen molar-refractivity contribution in [1.82, 2.24) is 0 Å². The predicted molar refractivity (Wildman–Crippen MR) is 103 cm³/mol. The standard InChI is InChI=1S/C21H38O4/c1-3-5-6-7-8-9-10-11-12-13-14-15-16-17-18-19-20(22)25-21(23,24)4-2/h8-9,11-12,23-24H,3-7,10,13-19H2,1-2H3/b9-8-,12-11-. The van der Waals surface area contributed by atoms with Crippen molar-refractivity contribution < 1.29 is 19.7 Å². The maximum atomic E-state index is 11.4. The molecule has 0 aromatic heterocycles. The third-order valence-electron chi connectivity index (χ3n) is 4.07. The molecule has 0 aliphatic carbocycles. The van der Waals surface area contributed by atoms with Gasteiger partial charge >= 0.3 is 11.9 Å². The van der Waals surface area contributed by atoms with Gasteiger partial charge in [-0.15, -0.1) is 0 Å². The maximum absolute atomic E-state index is 11.4. The number of carbonyl (C=O) groups is 1. The fourth-order valence-electron chi connectivity index (χ4n) is 2.39. The topological polar surface area (TPSA) is 66.8 Å². The van der Waals surface area contributed by atoms with Gasteiger partial charge in [0.2, 0.25) is 0 Å². The summed E-state index contributed by atoms with van der Waals surface area (Å²) in [5.41, 5.74) is 0. The van der Waals surface area contributed by atoms with Crippen molar-refractivity contribution in [1.29, 1.82) is 0 Å². The van der Waals surface area contributed by atoms with Gasteiger partial charge in [-0.25, -0.2) is 0 Å². The Morgan fingerprint density at radius 1 is 0.840 bits per heavy atom. The summed E-state index contributed by atoms with van der Waals surface area (Å²) in [6.07, 6.45) is 21.6. The average Bonchev–Trinajstić information content (AvgIpc) is 2.58. The first-order valence-electron chi connectivity index (χ1n) is 9.98. The third-order valence-corrected chi connectivity index (χ3v) is 4.07. The van der Waals surface area contributed by atoms with Crippen molar-refractivity contribution in [3.05, 3.63) is 24.3 Å². The summed E-state index contributed by atoms with van der Waals surface area (Å²) in [6.45, 7) is 3.77. The van der Waals surface area contributed by atoms with E-state index in [9.17, 15) is 15.0 Å². The van der Waals surface area contributed by atoms with E-state index in [4.69, 9.17) is 0 Å². The van der Waals surface area contributed by atoms with Crippen LogP contribution in [-0.2, 0) is 9.53 Å². The van der Waals surface area contributed by atoms with Crippen molar-refractivity contribution in [3.8, 4) is 0 Å². The van der Waals surface area contributed by atoms with E-state index in [1.807, 2.05) is 0 Å². The predicted octanol–water partition coefficient (Wildman–Crippen LogP) is 5.39. The molecule has 2 N–H and O–H groups in total. The molecule has 0 bridgehead atoms. The van der Waals surface area contributed by atoms with E-state index in [1.165, 1.54) is 32.1 Å². The highest BCUT2D eigenvalue weighted by molar-refractivity contribution is 5.69. The largest absolute Gasteiger partial charge is 0.408 e. The highest BCUT2D eigenvalue weighted by Crippen LogP contribution is 2.12. The Labute approximate surface area is 154 Å². The number of aliphatic hydroxyl groups is 2. The Morgan fingerprint density at radius 2 is 1.40 bits per heavy atom. The van der Waals surface area contributed by atoms with E-state index in [2.05, 4.69) is 36.0 Å². The second kappa shape index (κ2) is 16.3. The molecular weight excluding hydrogens is 316 g/mol. The van der Waals surface area contributed by atoms with Gasteiger partial charge in [-0.1, -0.05) is 70.3 Å². The van der Waals surface area contributed by atoms with Crippen LogP contribution in [0.4, 0.5) is 0 Å². The molecular formula is C21H38O4. The summed E-state index contributed by atoms with van der Waals surface area (Å²) in [4.78, 5) is 11.4. The van der Waals surface area contributed by atoms with Crippen LogP contribution in [-0.4, -0.2) is 22.2 Å². The van der Waals surface area contributed by atoms with Gasteiger partial charge in [0.1, 0.15) is 0 Å². The lowest BCUT2D eigenvalue weighted by Crippen LogP contribution is -2.33. The van der Waals surface area contributed by atoms with Gasteiger partial charge in [0.05, 0.1) is 0 Å². The lowest BCUT2D eigenvalue weighted by atomic mass is 10.1. The molecule has 25 heavy (non-hydrogen) atoms. The molecule has 146 valence electrons. The van der Waals surface area contributed by atoms with E-state index in [1.54, 1.807) is 6.92 Å². The molecule has 0 radical (unpaired) electrons. The average molecular weight is 355 g/mol. The van der Waals surface area contributed by atoms with E-state index < -0.39 is 11.9 Å². The number of rotatable bonds is 16. The van der Waals surface area contributed by atoms with E-state index in [0.717, 1.165) is 38.5 Å². The highest BCUT2D eigenvalue weighted by Gasteiger charge is 2.25. The Bertz CT molecular complexity index is 372. The van der Waals surface area contributed by atoms with Crippen molar-refractivity contribution in [2.45, 2.75) is 103 Å². The van der Waals surface area contributed by atoms with Gasteiger partial charge in [-0.2, -0.15) is 0 Å². The zero-order valence-electron chi connectivity index (χ0n) is 16.2. The minimum Gasteiger partial charge on any atom is -0.408 e. The van der Waals surface area contributed by atoms with Crippen LogP contribution in [0.15, 0.2) is 24.3 Å². The molecule has 0 aromatic rings. The molecule has 0 heterocycles. The van der Waals surface area contributed by atoms with E-state index in [0.29, 0.717) is 0 Å². The molecule has 0 aliphatic heterocycles. The second-order valence-electron chi connectivity index (χ2n) is 6.55. The van der Waals surface area contributed by atoms with Crippen LogP contribution in [0.2, 0.25) is 0 Å². The highest BCUT2D eigenvalue weighted by atomic mass is 16.8. The molecule has 0 fully saturated rings. The second-order valence-corrected chi connectivity index (χ2v) is 6.55. The number of hydrogen-bond acceptors (Lipinski definition) is 4. The molecule has 0 unspecified atom stereocenters. The SMILES string of the molecule is CCCCC/C=C\C/C=C\CCCCCCCC(=O)OC(O)(O)CC. The minimum absolute atomic E-state index is 0.0269. The molecule has 0 rings (SSSR count). The quantitative estimate of drug-likeness (QED) is 0.169. The van der Waals surface area contributed by atoms with E-state index >= 15 is 0 Å². The van der Waals surface area contributed by atoms with Crippen LogP contribution in [0.1, 0.15) is 97.3 Å². The molecule has 0 aliphatic rings. The number of allylic oxidation sites excluding steroid dienone is 4. The summed E-state index contributed by atoms with van der Waals surface area (Å²) >= 11 is 0. The van der Waals surface area contributed by atoms with Crippen molar-refractivity contribution in [2.24, 2.45) is 0 Å². The summed E-state index contributed by atoms with van der Waals surface area (Å²) < 4.78 is 4.56. The van der Waals surface area contributed by atoms with Crippen molar-refractivity contribution in [2.75, 3.05) is 0 Å². The first kappa shape index (κ1) is 23.9. The van der Waals surface area contributed by atoms with Gasteiger partial charge < -0.3 is 14.9 Å². The Morgan fingerprint density at radius 3 is 2.00 bits per heavy atom. The molecule has 0 atom stereocenters. The summed E-state index contributed by atoms with van der Waals surface area (Å²) in [5, 5.41) is 18.4. The number of esters is 1. The van der Waals surface area contributed by atoms with Crippen molar-refractivity contribution in [3.63, 3.8) is 0 Å². The number of carbonyl (C=O) groups excluding carboxylic acids is 1. The van der Waals surface area contributed by atoms with Crippen LogP contribution in [0, 0.1) is 0 Å². The Balaban J connectivity index is 3.38. The van der Waals surface area contributed by atoms with Crippen LogP contribution in [0.3, 0.4) is 0 Å². The number of ether oxygens (including phenoxy) is 1. The molecule has 0 saturated carbocycles. The number of unbranched alkanes of at least 4 members (excludes halogenated alkanes) is 8. The first-order valence-corrected chi connectivity index (χ1v) is 9.98. The van der Waals surface area contributed by atoms with Crippen LogP contribution >= 0.6 is 0 Å². The van der Waals surface area contributed by atoms with Gasteiger partial charge in [0.25, 0.3) is 0 Å². The first-order chi connectivity index (χ1) is 12.0. The third kappa shape index (κ3) is 17.5. The van der Waals surface area contributed by atoms with Crippen LogP contribution in [0.5, 0.6) is 0 Å². The smallest absolute Gasteiger partial charge is 0.323 e. The summed E-state index contributed by atoms with van der Waals surface area (Å²) in [6, 6.07) is 0. The molecule has 0 spiro atoms. The lowest BCUT2D eigenvalue weighted by Gasteiger charge is -2.19. The van der Waals surface area contributed by atoms with Crippen LogP contribution < -0.4 is 0 Å².